The molecule has 0 unspecified atom stereocenters. The number of aromatic nitrogens is 4. The molecule has 0 aliphatic carbocycles. The van der Waals surface area contributed by atoms with E-state index in [9.17, 15) is 4.79 Å². The van der Waals surface area contributed by atoms with Crippen molar-refractivity contribution in [2.24, 2.45) is 0 Å². The monoisotopic (exact) mass is 321 g/mol. The third-order valence-corrected chi connectivity index (χ3v) is 4.08. The molecule has 6 nitrogen and oxygen atoms in total. The minimum atomic E-state index is -0.348. The molecule has 4 rings (SSSR count). The van der Waals surface area contributed by atoms with Crippen LogP contribution in [0.5, 0.6) is 0 Å². The number of para-hydroxylation sites is 1. The highest BCUT2D eigenvalue weighted by Gasteiger charge is 2.14. The Hall–Kier alpha value is -3.06. The Morgan fingerprint density at radius 1 is 1.13 bits per heavy atom. The second-order valence-corrected chi connectivity index (χ2v) is 5.66. The fourth-order valence-corrected chi connectivity index (χ4v) is 2.97. The lowest BCUT2D eigenvalue weighted by Crippen LogP contribution is -2.15. The van der Waals surface area contributed by atoms with E-state index in [4.69, 9.17) is 0 Å². The minimum absolute atomic E-state index is 0.133. The molecule has 0 spiro atoms. The molecule has 0 atom stereocenters. The van der Waals surface area contributed by atoms with Crippen LogP contribution in [0.2, 0.25) is 0 Å². The SMILES string of the molecule is O=C(Nc1ccccc1-c1cn2ccsc2n1)c1ncccn1. The zero-order valence-electron chi connectivity index (χ0n) is 11.9. The van der Waals surface area contributed by atoms with E-state index in [-0.39, 0.29) is 11.7 Å². The van der Waals surface area contributed by atoms with Crippen molar-refractivity contribution in [2.45, 2.75) is 0 Å². The Balaban J connectivity index is 1.70. The van der Waals surface area contributed by atoms with Crippen LogP contribution in [0.3, 0.4) is 0 Å². The summed E-state index contributed by atoms with van der Waals surface area (Å²) in [4.78, 5) is 25.7. The van der Waals surface area contributed by atoms with Crippen LogP contribution in [0.4, 0.5) is 5.69 Å². The molecule has 4 aromatic rings. The highest BCUT2D eigenvalue weighted by molar-refractivity contribution is 7.15. The molecule has 0 saturated heterocycles. The van der Waals surface area contributed by atoms with E-state index in [1.165, 1.54) is 12.4 Å². The van der Waals surface area contributed by atoms with Crippen LogP contribution in [0.25, 0.3) is 16.2 Å². The zero-order valence-corrected chi connectivity index (χ0v) is 12.7. The van der Waals surface area contributed by atoms with Crippen molar-refractivity contribution >= 4 is 27.9 Å². The fourth-order valence-electron chi connectivity index (χ4n) is 2.27. The van der Waals surface area contributed by atoms with Crippen LogP contribution >= 0.6 is 11.3 Å². The van der Waals surface area contributed by atoms with E-state index in [2.05, 4.69) is 20.3 Å². The van der Waals surface area contributed by atoms with Gasteiger partial charge in [-0.05, 0) is 12.1 Å². The third-order valence-electron chi connectivity index (χ3n) is 3.31. The largest absolute Gasteiger partial charge is 0.319 e. The molecule has 7 heteroatoms. The first-order valence-electron chi connectivity index (χ1n) is 6.91. The lowest BCUT2D eigenvalue weighted by Gasteiger charge is -2.08. The van der Waals surface area contributed by atoms with Crippen molar-refractivity contribution in [1.82, 2.24) is 19.4 Å². The Kier molecular flexibility index (Phi) is 3.32. The zero-order chi connectivity index (χ0) is 15.6. The van der Waals surface area contributed by atoms with Crippen LogP contribution in [0.1, 0.15) is 10.6 Å². The number of rotatable bonds is 3. The Morgan fingerprint density at radius 3 is 2.78 bits per heavy atom. The van der Waals surface area contributed by atoms with E-state index < -0.39 is 0 Å². The first-order valence-corrected chi connectivity index (χ1v) is 7.79. The van der Waals surface area contributed by atoms with Crippen molar-refractivity contribution < 1.29 is 4.79 Å². The number of carbonyl (C=O) groups is 1. The molecule has 3 aromatic heterocycles. The summed E-state index contributed by atoms with van der Waals surface area (Å²) in [5, 5.41) is 4.83. The lowest BCUT2D eigenvalue weighted by atomic mass is 10.1. The maximum absolute atomic E-state index is 12.3. The minimum Gasteiger partial charge on any atom is -0.319 e. The van der Waals surface area contributed by atoms with Gasteiger partial charge in [0.25, 0.3) is 5.91 Å². The summed E-state index contributed by atoms with van der Waals surface area (Å²) in [5.74, 6) is -0.216. The number of fused-ring (bicyclic) bond motifs is 1. The summed E-state index contributed by atoms with van der Waals surface area (Å²) in [6, 6.07) is 9.21. The van der Waals surface area contributed by atoms with E-state index in [0.29, 0.717) is 5.69 Å². The van der Waals surface area contributed by atoms with Crippen molar-refractivity contribution in [3.05, 3.63) is 66.3 Å². The van der Waals surface area contributed by atoms with Gasteiger partial charge in [-0.2, -0.15) is 0 Å². The Morgan fingerprint density at radius 2 is 1.96 bits per heavy atom. The van der Waals surface area contributed by atoms with Crippen LogP contribution in [0.15, 0.2) is 60.5 Å². The fraction of sp³-hybridized carbons (Fsp3) is 0. The average Bonchev–Trinajstić information content (AvgIpc) is 3.18. The normalized spacial score (nSPS) is 10.8. The van der Waals surface area contributed by atoms with Gasteiger partial charge in [0.2, 0.25) is 5.82 Å². The number of benzene rings is 1. The molecule has 0 radical (unpaired) electrons. The quantitative estimate of drug-likeness (QED) is 0.629. The van der Waals surface area contributed by atoms with Gasteiger partial charge in [-0.25, -0.2) is 15.0 Å². The van der Waals surface area contributed by atoms with Gasteiger partial charge in [0, 0.05) is 35.7 Å². The first kappa shape index (κ1) is 13.6. The molecular weight excluding hydrogens is 310 g/mol. The van der Waals surface area contributed by atoms with Gasteiger partial charge in [-0.3, -0.25) is 9.20 Å². The van der Waals surface area contributed by atoms with Gasteiger partial charge >= 0.3 is 0 Å². The predicted octanol–water partition coefficient (Wildman–Crippen LogP) is 3.11. The van der Waals surface area contributed by atoms with Crippen molar-refractivity contribution in [3.8, 4) is 11.3 Å². The summed E-state index contributed by atoms with van der Waals surface area (Å²) >= 11 is 1.56. The molecule has 3 heterocycles. The van der Waals surface area contributed by atoms with E-state index in [0.717, 1.165) is 16.2 Å². The summed E-state index contributed by atoms with van der Waals surface area (Å²) < 4.78 is 1.96. The van der Waals surface area contributed by atoms with Crippen molar-refractivity contribution in [1.29, 1.82) is 0 Å². The summed E-state index contributed by atoms with van der Waals surface area (Å²) in [6.07, 6.45) is 6.97. The second kappa shape index (κ2) is 5.62. The summed E-state index contributed by atoms with van der Waals surface area (Å²) in [5.41, 5.74) is 2.34. The van der Waals surface area contributed by atoms with Gasteiger partial charge in [-0.1, -0.05) is 18.2 Å². The highest BCUT2D eigenvalue weighted by Crippen LogP contribution is 2.28. The molecular formula is C16H11N5OS. The molecule has 0 saturated carbocycles. The van der Waals surface area contributed by atoms with Gasteiger partial charge in [0.05, 0.1) is 11.4 Å². The van der Waals surface area contributed by atoms with Gasteiger partial charge in [0.15, 0.2) is 4.96 Å². The maximum atomic E-state index is 12.3. The van der Waals surface area contributed by atoms with E-state index >= 15 is 0 Å². The number of imidazole rings is 1. The molecule has 0 fully saturated rings. The predicted molar refractivity (Wildman–Crippen MR) is 88.5 cm³/mol. The smallest absolute Gasteiger partial charge is 0.293 e. The van der Waals surface area contributed by atoms with Crippen molar-refractivity contribution in [3.63, 3.8) is 0 Å². The van der Waals surface area contributed by atoms with Crippen LogP contribution in [0, 0.1) is 0 Å². The van der Waals surface area contributed by atoms with Crippen LogP contribution in [-0.4, -0.2) is 25.3 Å². The van der Waals surface area contributed by atoms with Crippen LogP contribution < -0.4 is 5.32 Å². The number of thiazole rings is 1. The number of amides is 1. The molecule has 0 bridgehead atoms. The van der Waals surface area contributed by atoms with E-state index in [1.54, 1.807) is 17.4 Å². The highest BCUT2D eigenvalue weighted by atomic mass is 32.1. The van der Waals surface area contributed by atoms with Gasteiger partial charge < -0.3 is 5.32 Å². The Labute approximate surface area is 135 Å². The number of hydrogen-bond acceptors (Lipinski definition) is 5. The average molecular weight is 321 g/mol. The Bertz CT molecular complexity index is 948. The number of anilines is 1. The molecule has 1 aromatic carbocycles. The molecule has 0 aliphatic heterocycles. The topological polar surface area (TPSA) is 72.2 Å². The number of nitrogens with zero attached hydrogens (tertiary/aromatic N) is 4. The standard InChI is InChI=1S/C16H11N5OS/c22-15(14-17-6-3-7-18-14)19-12-5-2-1-4-11(12)13-10-21-8-9-23-16(21)20-13/h1-10H,(H,19,22). The molecule has 1 amide bonds. The lowest BCUT2D eigenvalue weighted by molar-refractivity contribution is 0.101. The molecule has 0 aliphatic rings. The van der Waals surface area contributed by atoms with Gasteiger partial charge in [-0.15, -0.1) is 11.3 Å². The van der Waals surface area contributed by atoms with E-state index in [1.807, 2.05) is 46.4 Å². The summed E-state index contributed by atoms with van der Waals surface area (Å²) in [7, 11) is 0. The number of hydrogen-bond donors (Lipinski definition) is 1. The second-order valence-electron chi connectivity index (χ2n) is 4.79. The van der Waals surface area contributed by atoms with Gasteiger partial charge in [0.1, 0.15) is 0 Å². The third kappa shape index (κ3) is 2.58. The molecule has 1 N–H and O–H groups in total. The van der Waals surface area contributed by atoms with Crippen molar-refractivity contribution in [2.75, 3.05) is 5.32 Å². The first-order chi connectivity index (χ1) is 11.3. The van der Waals surface area contributed by atoms with Crippen LogP contribution in [-0.2, 0) is 0 Å². The molecule has 112 valence electrons. The number of nitrogens with one attached hydrogen (secondary N) is 1. The maximum Gasteiger partial charge on any atom is 0.293 e. The summed E-state index contributed by atoms with van der Waals surface area (Å²) in [6.45, 7) is 0. The molecule has 23 heavy (non-hydrogen) atoms. The number of carbonyl (C=O) groups excluding carboxylic acids is 1.